The summed E-state index contributed by atoms with van der Waals surface area (Å²) in [6, 6.07) is 34.1. The second-order valence-corrected chi connectivity index (χ2v) is 9.38. The van der Waals surface area contributed by atoms with Crippen LogP contribution in [-0.2, 0) is 9.84 Å². The topological polar surface area (TPSA) is 34.1 Å². The van der Waals surface area contributed by atoms with Gasteiger partial charge in [0, 0.05) is 9.79 Å². The normalized spacial score (nSPS) is 11.3. The lowest BCUT2D eigenvalue weighted by Gasteiger charge is -2.07. The molecule has 0 atom stereocenters. The Morgan fingerprint density at radius 3 is 1.46 bits per heavy atom. The summed E-state index contributed by atoms with van der Waals surface area (Å²) in [5.74, 6) is 0. The van der Waals surface area contributed by atoms with Gasteiger partial charge in [0.05, 0.1) is 9.79 Å². The quantitative estimate of drug-likeness (QED) is 0.391. The number of hydrogen-bond acceptors (Lipinski definition) is 3. The molecule has 4 heteroatoms. The fraction of sp³-hybridized carbons (Fsp3) is 0. The molecule has 0 bridgehead atoms. The Hall–Kier alpha value is -2.82. The summed E-state index contributed by atoms with van der Waals surface area (Å²) in [5.41, 5.74) is 2.05. The molecule has 0 saturated heterocycles. The Kier molecular flexibility index (Phi) is 5.33. The maximum Gasteiger partial charge on any atom is 0.206 e. The zero-order valence-corrected chi connectivity index (χ0v) is 16.7. The van der Waals surface area contributed by atoms with E-state index in [0.29, 0.717) is 9.79 Å². The van der Waals surface area contributed by atoms with Gasteiger partial charge in [-0.1, -0.05) is 72.4 Å². The van der Waals surface area contributed by atoms with E-state index >= 15 is 0 Å². The lowest BCUT2D eigenvalue weighted by molar-refractivity contribution is 0.596. The number of hydrogen-bond donors (Lipinski definition) is 0. The van der Waals surface area contributed by atoms with Crippen molar-refractivity contribution >= 4 is 21.6 Å². The molecular formula is C24H18O2S2. The summed E-state index contributed by atoms with van der Waals surface area (Å²) < 4.78 is 25.4. The van der Waals surface area contributed by atoms with Crippen LogP contribution in [0.5, 0.6) is 0 Å². The van der Waals surface area contributed by atoms with Crippen LogP contribution in [0, 0.1) is 0 Å². The van der Waals surface area contributed by atoms with Gasteiger partial charge in [0.25, 0.3) is 0 Å². The van der Waals surface area contributed by atoms with Crippen molar-refractivity contribution in [1.29, 1.82) is 0 Å². The smallest absolute Gasteiger partial charge is 0.206 e. The largest absolute Gasteiger partial charge is 0.219 e. The highest BCUT2D eigenvalue weighted by molar-refractivity contribution is 7.99. The molecule has 0 fully saturated rings. The second-order valence-electron chi connectivity index (χ2n) is 6.28. The van der Waals surface area contributed by atoms with Crippen LogP contribution in [0.2, 0.25) is 0 Å². The maximum atomic E-state index is 12.7. The fourth-order valence-electron chi connectivity index (χ4n) is 2.90. The summed E-state index contributed by atoms with van der Waals surface area (Å²) in [6.07, 6.45) is 0. The first-order chi connectivity index (χ1) is 13.6. The van der Waals surface area contributed by atoms with Gasteiger partial charge in [-0.25, -0.2) is 8.42 Å². The number of benzene rings is 4. The maximum absolute atomic E-state index is 12.7. The van der Waals surface area contributed by atoms with E-state index in [1.54, 1.807) is 48.2 Å². The summed E-state index contributed by atoms with van der Waals surface area (Å²) in [6.45, 7) is 0. The molecule has 0 heterocycles. The third-order valence-corrected chi connectivity index (χ3v) is 7.19. The third kappa shape index (κ3) is 4.03. The Balaban J connectivity index is 1.54. The molecule has 0 amide bonds. The van der Waals surface area contributed by atoms with E-state index in [4.69, 9.17) is 0 Å². The predicted molar refractivity (Wildman–Crippen MR) is 114 cm³/mol. The lowest BCUT2D eigenvalue weighted by atomic mass is 10.1. The molecule has 0 N–H and O–H groups in total. The minimum atomic E-state index is -3.48. The molecule has 138 valence electrons. The molecule has 0 aliphatic rings. The standard InChI is InChI=1S/C24H18O2S2/c25-28(26,23-9-5-2-6-10-23)24-17-13-20(14-18-24)19-11-15-22(16-12-19)27-21-7-3-1-4-8-21/h1-18H. The molecule has 0 unspecified atom stereocenters. The van der Waals surface area contributed by atoms with Crippen LogP contribution < -0.4 is 0 Å². The van der Waals surface area contributed by atoms with Crippen molar-refractivity contribution in [2.75, 3.05) is 0 Å². The first-order valence-corrected chi connectivity index (χ1v) is 11.2. The minimum absolute atomic E-state index is 0.304. The molecule has 4 aromatic rings. The van der Waals surface area contributed by atoms with Crippen molar-refractivity contribution in [3.05, 3.63) is 109 Å². The summed E-state index contributed by atoms with van der Waals surface area (Å²) in [4.78, 5) is 2.98. The van der Waals surface area contributed by atoms with Crippen molar-refractivity contribution in [2.45, 2.75) is 19.6 Å². The number of rotatable bonds is 5. The van der Waals surface area contributed by atoms with E-state index in [2.05, 4.69) is 36.4 Å². The van der Waals surface area contributed by atoms with Crippen molar-refractivity contribution in [1.82, 2.24) is 0 Å². The molecule has 4 aromatic carbocycles. The van der Waals surface area contributed by atoms with Gasteiger partial charge in [-0.3, -0.25) is 0 Å². The Labute approximate surface area is 169 Å². The van der Waals surface area contributed by atoms with Crippen LogP contribution >= 0.6 is 11.8 Å². The monoisotopic (exact) mass is 402 g/mol. The molecule has 0 aliphatic carbocycles. The molecule has 4 rings (SSSR count). The van der Waals surface area contributed by atoms with Gasteiger partial charge >= 0.3 is 0 Å². The van der Waals surface area contributed by atoms with Gasteiger partial charge in [-0.2, -0.15) is 0 Å². The summed E-state index contributed by atoms with van der Waals surface area (Å²) in [5, 5.41) is 0. The van der Waals surface area contributed by atoms with Gasteiger partial charge in [0.15, 0.2) is 0 Å². The lowest BCUT2D eigenvalue weighted by Crippen LogP contribution is -2.01. The van der Waals surface area contributed by atoms with Crippen LogP contribution in [0.4, 0.5) is 0 Å². The van der Waals surface area contributed by atoms with Gasteiger partial charge in [-0.05, 0) is 59.7 Å². The van der Waals surface area contributed by atoms with E-state index < -0.39 is 9.84 Å². The molecule has 0 radical (unpaired) electrons. The summed E-state index contributed by atoms with van der Waals surface area (Å²) in [7, 11) is -3.48. The van der Waals surface area contributed by atoms with Crippen LogP contribution in [0.1, 0.15) is 0 Å². The molecule has 0 aromatic heterocycles. The first kappa shape index (κ1) is 18.5. The van der Waals surface area contributed by atoms with Gasteiger partial charge in [0.2, 0.25) is 9.84 Å². The molecular weight excluding hydrogens is 384 g/mol. The zero-order chi connectivity index (χ0) is 19.4. The van der Waals surface area contributed by atoms with Crippen molar-refractivity contribution in [3.8, 4) is 11.1 Å². The average molecular weight is 403 g/mol. The zero-order valence-electron chi connectivity index (χ0n) is 15.0. The Morgan fingerprint density at radius 1 is 0.464 bits per heavy atom. The van der Waals surface area contributed by atoms with Crippen LogP contribution in [0.15, 0.2) is 129 Å². The molecule has 0 saturated carbocycles. The minimum Gasteiger partial charge on any atom is -0.219 e. The molecule has 28 heavy (non-hydrogen) atoms. The van der Waals surface area contributed by atoms with Crippen LogP contribution in [0.3, 0.4) is 0 Å². The fourth-order valence-corrected chi connectivity index (χ4v) is 5.02. The van der Waals surface area contributed by atoms with E-state index in [-0.39, 0.29) is 0 Å². The van der Waals surface area contributed by atoms with E-state index in [9.17, 15) is 8.42 Å². The molecule has 0 spiro atoms. The van der Waals surface area contributed by atoms with Gasteiger partial charge in [-0.15, -0.1) is 0 Å². The van der Waals surface area contributed by atoms with Crippen molar-refractivity contribution < 1.29 is 8.42 Å². The average Bonchev–Trinajstić information content (AvgIpc) is 2.76. The van der Waals surface area contributed by atoms with Crippen molar-refractivity contribution in [3.63, 3.8) is 0 Å². The third-order valence-electron chi connectivity index (χ3n) is 4.38. The van der Waals surface area contributed by atoms with Gasteiger partial charge in [0.1, 0.15) is 0 Å². The van der Waals surface area contributed by atoms with E-state index in [1.165, 1.54) is 9.79 Å². The van der Waals surface area contributed by atoms with E-state index in [1.807, 2.05) is 36.4 Å². The second kappa shape index (κ2) is 8.05. The molecule has 0 aliphatic heterocycles. The van der Waals surface area contributed by atoms with Crippen molar-refractivity contribution in [2.24, 2.45) is 0 Å². The molecule has 2 nitrogen and oxygen atoms in total. The highest BCUT2D eigenvalue weighted by Crippen LogP contribution is 2.30. The first-order valence-electron chi connectivity index (χ1n) is 8.86. The Bertz CT molecular complexity index is 1150. The number of sulfone groups is 1. The predicted octanol–water partition coefficient (Wildman–Crippen LogP) is 6.34. The summed E-state index contributed by atoms with van der Waals surface area (Å²) >= 11 is 1.72. The SMILES string of the molecule is O=S(=O)(c1ccccc1)c1ccc(-c2ccc(Sc3ccccc3)cc2)cc1. The Morgan fingerprint density at radius 2 is 0.893 bits per heavy atom. The van der Waals surface area contributed by atoms with Crippen LogP contribution in [-0.4, -0.2) is 8.42 Å². The van der Waals surface area contributed by atoms with Gasteiger partial charge < -0.3 is 0 Å². The van der Waals surface area contributed by atoms with E-state index in [0.717, 1.165) is 11.1 Å². The highest BCUT2D eigenvalue weighted by atomic mass is 32.2. The highest BCUT2D eigenvalue weighted by Gasteiger charge is 2.16. The van der Waals surface area contributed by atoms with Crippen LogP contribution in [0.25, 0.3) is 11.1 Å².